The van der Waals surface area contributed by atoms with Gasteiger partial charge in [0, 0.05) is 16.7 Å². The molecule has 0 aliphatic carbocycles. The van der Waals surface area contributed by atoms with E-state index in [0.29, 0.717) is 27.1 Å². The standard InChI is InChI=1S/C24H16Cl2N2O4/c25-15-5-3-4-14(10-15)23-17-9-8-16(11-21(17)32-24(28)18(23)12-27)31-22(29)13-30-20-7-2-1-6-19(20)26/h1-11,23H,13,28H2. The molecule has 0 spiro atoms. The van der Waals surface area contributed by atoms with Crippen LogP contribution in [0.15, 0.2) is 78.2 Å². The van der Waals surface area contributed by atoms with E-state index in [-0.39, 0.29) is 23.8 Å². The Kier molecular flexibility index (Phi) is 6.22. The number of hydrogen-bond donors (Lipinski definition) is 1. The summed E-state index contributed by atoms with van der Waals surface area (Å²) in [5.41, 5.74) is 7.78. The van der Waals surface area contributed by atoms with Gasteiger partial charge in [0.05, 0.1) is 10.9 Å². The molecule has 3 aromatic carbocycles. The van der Waals surface area contributed by atoms with Crippen molar-refractivity contribution in [2.45, 2.75) is 5.92 Å². The van der Waals surface area contributed by atoms with Crippen molar-refractivity contribution in [2.75, 3.05) is 6.61 Å². The molecule has 0 radical (unpaired) electrons. The van der Waals surface area contributed by atoms with E-state index >= 15 is 0 Å². The van der Waals surface area contributed by atoms with Crippen molar-refractivity contribution in [3.8, 4) is 23.3 Å². The highest BCUT2D eigenvalue weighted by Gasteiger charge is 2.31. The number of nitriles is 1. The molecule has 160 valence electrons. The molecule has 1 unspecified atom stereocenters. The SMILES string of the molecule is N#CC1=C(N)Oc2cc(OC(=O)COc3ccccc3Cl)ccc2C1c1cccc(Cl)c1. The van der Waals surface area contributed by atoms with Crippen LogP contribution in [0.5, 0.6) is 17.2 Å². The first kappa shape index (κ1) is 21.6. The van der Waals surface area contributed by atoms with Crippen molar-refractivity contribution in [3.63, 3.8) is 0 Å². The second-order valence-electron chi connectivity index (χ2n) is 6.87. The third kappa shape index (κ3) is 4.50. The van der Waals surface area contributed by atoms with Crippen LogP contribution in [0.25, 0.3) is 0 Å². The lowest BCUT2D eigenvalue weighted by Gasteiger charge is -2.26. The van der Waals surface area contributed by atoms with Gasteiger partial charge in [0.25, 0.3) is 0 Å². The van der Waals surface area contributed by atoms with Gasteiger partial charge in [-0.1, -0.05) is 53.5 Å². The minimum atomic E-state index is -0.617. The number of halogens is 2. The van der Waals surface area contributed by atoms with Gasteiger partial charge in [-0.05, 0) is 35.9 Å². The highest BCUT2D eigenvalue weighted by molar-refractivity contribution is 6.32. The van der Waals surface area contributed by atoms with Gasteiger partial charge in [0.1, 0.15) is 28.9 Å². The fourth-order valence-corrected chi connectivity index (χ4v) is 3.78. The van der Waals surface area contributed by atoms with Crippen molar-refractivity contribution in [1.82, 2.24) is 0 Å². The summed E-state index contributed by atoms with van der Waals surface area (Å²) in [5.74, 6) is -0.0934. The van der Waals surface area contributed by atoms with E-state index in [9.17, 15) is 10.1 Å². The molecular formula is C24H16Cl2N2O4. The maximum atomic E-state index is 12.2. The summed E-state index contributed by atoms with van der Waals surface area (Å²) in [6.07, 6.45) is 0. The zero-order valence-corrected chi connectivity index (χ0v) is 18.1. The third-order valence-corrected chi connectivity index (χ3v) is 5.33. The maximum absolute atomic E-state index is 12.2. The van der Waals surface area contributed by atoms with Gasteiger partial charge < -0.3 is 19.9 Å². The molecule has 0 fully saturated rings. The fraction of sp³-hybridized carbons (Fsp3) is 0.0833. The average molecular weight is 467 g/mol. The van der Waals surface area contributed by atoms with Crippen molar-refractivity contribution >= 4 is 29.2 Å². The Morgan fingerprint density at radius 3 is 2.66 bits per heavy atom. The van der Waals surface area contributed by atoms with Crippen molar-refractivity contribution in [2.24, 2.45) is 5.73 Å². The molecule has 6 nitrogen and oxygen atoms in total. The summed E-state index contributed by atoms with van der Waals surface area (Å²) >= 11 is 12.2. The maximum Gasteiger partial charge on any atom is 0.349 e. The molecule has 0 amide bonds. The van der Waals surface area contributed by atoms with E-state index < -0.39 is 11.9 Å². The lowest BCUT2D eigenvalue weighted by molar-refractivity contribution is -0.136. The zero-order chi connectivity index (χ0) is 22.7. The normalized spacial score (nSPS) is 14.7. The number of ether oxygens (including phenoxy) is 3. The summed E-state index contributed by atoms with van der Waals surface area (Å²) in [5, 5.41) is 10.6. The minimum absolute atomic E-state index is 0.0181. The second-order valence-corrected chi connectivity index (χ2v) is 7.72. The summed E-state index contributed by atoms with van der Waals surface area (Å²) < 4.78 is 16.4. The number of allylic oxidation sites excluding steroid dienone is 1. The molecule has 8 heteroatoms. The molecule has 3 aromatic rings. The molecule has 32 heavy (non-hydrogen) atoms. The van der Waals surface area contributed by atoms with Gasteiger partial charge in [-0.25, -0.2) is 4.79 Å². The Balaban J connectivity index is 1.56. The van der Waals surface area contributed by atoms with E-state index in [1.54, 1.807) is 60.7 Å². The largest absolute Gasteiger partial charge is 0.480 e. The van der Waals surface area contributed by atoms with Gasteiger partial charge in [-0.2, -0.15) is 5.26 Å². The summed E-state index contributed by atoms with van der Waals surface area (Å²) in [4.78, 5) is 12.2. The van der Waals surface area contributed by atoms with Crippen molar-refractivity contribution in [3.05, 3.63) is 99.4 Å². The lowest BCUT2D eigenvalue weighted by atomic mass is 9.83. The minimum Gasteiger partial charge on any atom is -0.480 e. The van der Waals surface area contributed by atoms with E-state index in [1.165, 1.54) is 0 Å². The van der Waals surface area contributed by atoms with Crippen LogP contribution in [0.2, 0.25) is 10.0 Å². The van der Waals surface area contributed by atoms with Crippen LogP contribution < -0.4 is 19.9 Å². The van der Waals surface area contributed by atoms with E-state index in [0.717, 1.165) is 5.56 Å². The first-order chi connectivity index (χ1) is 15.5. The predicted molar refractivity (Wildman–Crippen MR) is 120 cm³/mol. The Bertz CT molecular complexity index is 1270. The van der Waals surface area contributed by atoms with Crippen LogP contribution in [0.1, 0.15) is 17.0 Å². The number of hydrogen-bond acceptors (Lipinski definition) is 6. The molecule has 4 rings (SSSR count). The molecule has 1 aliphatic heterocycles. The number of benzene rings is 3. The van der Waals surface area contributed by atoms with Crippen LogP contribution in [-0.2, 0) is 4.79 Å². The highest BCUT2D eigenvalue weighted by Crippen LogP contribution is 2.43. The predicted octanol–water partition coefficient (Wildman–Crippen LogP) is 5.20. The van der Waals surface area contributed by atoms with Gasteiger partial charge in [0.15, 0.2) is 6.61 Å². The molecule has 1 aliphatic rings. The number of nitrogens with zero attached hydrogens (tertiary/aromatic N) is 1. The van der Waals surface area contributed by atoms with Crippen LogP contribution in [0.4, 0.5) is 0 Å². The molecular weight excluding hydrogens is 451 g/mol. The summed E-state index contributed by atoms with van der Waals surface area (Å²) in [6, 6.07) is 21.0. The van der Waals surface area contributed by atoms with E-state index in [2.05, 4.69) is 6.07 Å². The fourth-order valence-electron chi connectivity index (χ4n) is 3.39. The van der Waals surface area contributed by atoms with Crippen LogP contribution in [0.3, 0.4) is 0 Å². The molecule has 2 N–H and O–H groups in total. The van der Waals surface area contributed by atoms with Crippen molar-refractivity contribution < 1.29 is 19.0 Å². The van der Waals surface area contributed by atoms with Gasteiger partial charge in [-0.15, -0.1) is 0 Å². The second kappa shape index (κ2) is 9.23. The first-order valence-corrected chi connectivity index (χ1v) is 10.3. The molecule has 0 saturated carbocycles. The smallest absolute Gasteiger partial charge is 0.349 e. The molecule has 0 bridgehead atoms. The zero-order valence-electron chi connectivity index (χ0n) is 16.5. The number of rotatable bonds is 5. The quantitative estimate of drug-likeness (QED) is 0.410. The van der Waals surface area contributed by atoms with Gasteiger partial charge in [0.2, 0.25) is 5.88 Å². The highest BCUT2D eigenvalue weighted by atomic mass is 35.5. The topological polar surface area (TPSA) is 94.6 Å². The van der Waals surface area contributed by atoms with Gasteiger partial charge in [-0.3, -0.25) is 0 Å². The van der Waals surface area contributed by atoms with Crippen LogP contribution in [-0.4, -0.2) is 12.6 Å². The number of esters is 1. The Morgan fingerprint density at radius 1 is 1.09 bits per heavy atom. The third-order valence-electron chi connectivity index (χ3n) is 4.79. The molecule has 1 atom stereocenters. The molecule has 1 heterocycles. The number of carbonyl (C=O) groups excluding carboxylic acids is 1. The number of carbonyl (C=O) groups is 1. The molecule has 0 saturated heterocycles. The van der Waals surface area contributed by atoms with Crippen molar-refractivity contribution in [1.29, 1.82) is 5.26 Å². The summed E-state index contributed by atoms with van der Waals surface area (Å²) in [7, 11) is 0. The van der Waals surface area contributed by atoms with Gasteiger partial charge >= 0.3 is 5.97 Å². The monoisotopic (exact) mass is 466 g/mol. The Morgan fingerprint density at radius 2 is 1.91 bits per heavy atom. The first-order valence-electron chi connectivity index (χ1n) is 9.51. The molecule has 0 aromatic heterocycles. The Labute approximate surface area is 194 Å². The lowest BCUT2D eigenvalue weighted by Crippen LogP contribution is -2.21. The number of fused-ring (bicyclic) bond motifs is 1. The van der Waals surface area contributed by atoms with Crippen LogP contribution in [0, 0.1) is 11.3 Å². The number of para-hydroxylation sites is 1. The van der Waals surface area contributed by atoms with E-state index in [4.69, 9.17) is 43.1 Å². The average Bonchev–Trinajstić information content (AvgIpc) is 2.77. The van der Waals surface area contributed by atoms with E-state index in [1.807, 2.05) is 6.07 Å². The summed E-state index contributed by atoms with van der Waals surface area (Å²) in [6.45, 7) is -0.326. The van der Waals surface area contributed by atoms with Crippen LogP contribution >= 0.6 is 23.2 Å². The Hall–Kier alpha value is -3.66. The number of nitrogens with two attached hydrogens (primary N) is 1.